The molecule has 0 unspecified atom stereocenters. The Morgan fingerprint density at radius 2 is 2.15 bits per heavy atom. The minimum Gasteiger partial charge on any atom is -0.495 e. The molecule has 3 rings (SSSR count). The molecule has 1 saturated heterocycles. The summed E-state index contributed by atoms with van der Waals surface area (Å²) in [6.45, 7) is 0. The molecule has 8 heteroatoms. The number of rotatable bonds is 6. The van der Waals surface area contributed by atoms with Crippen molar-refractivity contribution in [1.29, 1.82) is 0 Å². The van der Waals surface area contributed by atoms with Crippen molar-refractivity contribution >= 4 is 29.1 Å². The van der Waals surface area contributed by atoms with Crippen LogP contribution in [0.15, 0.2) is 41.0 Å². The number of hydrogen-bond donors (Lipinski definition) is 3. The summed E-state index contributed by atoms with van der Waals surface area (Å²) < 4.78 is 10.3. The normalized spacial score (nSPS) is 16.0. The van der Waals surface area contributed by atoms with Gasteiger partial charge in [-0.25, -0.2) is 0 Å². The topological polar surface area (TPSA) is 110 Å². The Labute approximate surface area is 149 Å². The van der Waals surface area contributed by atoms with E-state index in [1.54, 1.807) is 30.3 Å². The summed E-state index contributed by atoms with van der Waals surface area (Å²) in [4.78, 5) is 35.5. The van der Waals surface area contributed by atoms with E-state index in [2.05, 4.69) is 16.0 Å². The molecule has 0 bridgehead atoms. The van der Waals surface area contributed by atoms with E-state index in [9.17, 15) is 14.4 Å². The van der Waals surface area contributed by atoms with Crippen molar-refractivity contribution < 1.29 is 23.5 Å². The molecule has 26 heavy (non-hydrogen) atoms. The lowest BCUT2D eigenvalue weighted by molar-refractivity contribution is -0.119. The van der Waals surface area contributed by atoms with E-state index in [4.69, 9.17) is 9.15 Å². The summed E-state index contributed by atoms with van der Waals surface area (Å²) in [5.74, 6) is -0.0595. The minimum absolute atomic E-state index is 0.0322. The second-order valence-corrected chi connectivity index (χ2v) is 5.90. The fourth-order valence-corrected chi connectivity index (χ4v) is 2.74. The maximum absolute atomic E-state index is 12.2. The third kappa shape index (κ3) is 4.21. The van der Waals surface area contributed by atoms with Crippen molar-refractivity contribution in [3.05, 3.63) is 42.4 Å². The van der Waals surface area contributed by atoms with E-state index >= 15 is 0 Å². The van der Waals surface area contributed by atoms with Crippen LogP contribution in [0.3, 0.4) is 0 Å². The Morgan fingerprint density at radius 1 is 1.31 bits per heavy atom. The van der Waals surface area contributed by atoms with Gasteiger partial charge < -0.3 is 25.1 Å². The average Bonchev–Trinajstić information content (AvgIpc) is 3.27. The van der Waals surface area contributed by atoms with Crippen LogP contribution in [0.5, 0.6) is 5.75 Å². The van der Waals surface area contributed by atoms with Gasteiger partial charge in [0, 0.05) is 24.6 Å². The number of nitrogens with one attached hydrogen (secondary N) is 3. The van der Waals surface area contributed by atoms with Gasteiger partial charge >= 0.3 is 0 Å². The predicted molar refractivity (Wildman–Crippen MR) is 94.1 cm³/mol. The molecule has 1 aliphatic heterocycles. The second-order valence-electron chi connectivity index (χ2n) is 5.90. The number of ether oxygens (including phenoxy) is 1. The molecule has 3 N–H and O–H groups in total. The molecule has 136 valence electrons. The molecular weight excluding hydrogens is 338 g/mol. The van der Waals surface area contributed by atoms with Crippen molar-refractivity contribution in [2.24, 2.45) is 0 Å². The first kappa shape index (κ1) is 17.5. The highest BCUT2D eigenvalue weighted by atomic mass is 16.5. The van der Waals surface area contributed by atoms with Gasteiger partial charge in [-0.2, -0.15) is 0 Å². The molecule has 1 aliphatic rings. The number of hydrogen-bond acceptors (Lipinski definition) is 5. The summed E-state index contributed by atoms with van der Waals surface area (Å²) >= 11 is 0. The number of methoxy groups -OCH3 is 1. The second kappa shape index (κ2) is 7.73. The first-order chi connectivity index (χ1) is 12.5. The fourth-order valence-electron chi connectivity index (χ4n) is 2.74. The Kier molecular flexibility index (Phi) is 5.21. The van der Waals surface area contributed by atoms with Crippen molar-refractivity contribution in [2.45, 2.75) is 25.3 Å². The van der Waals surface area contributed by atoms with Crippen LogP contribution in [0.1, 0.15) is 29.8 Å². The molecule has 1 atom stereocenters. The molecule has 1 aromatic heterocycles. The van der Waals surface area contributed by atoms with Crippen LogP contribution in [0.25, 0.3) is 0 Å². The van der Waals surface area contributed by atoms with Crippen molar-refractivity contribution in [3.8, 4) is 5.75 Å². The quantitative estimate of drug-likeness (QED) is 0.734. The molecule has 2 aromatic rings. The number of carbonyl (C=O) groups excluding carboxylic acids is 3. The van der Waals surface area contributed by atoms with Crippen molar-refractivity contribution in [1.82, 2.24) is 5.32 Å². The van der Waals surface area contributed by atoms with E-state index in [1.165, 1.54) is 13.4 Å². The summed E-state index contributed by atoms with van der Waals surface area (Å²) in [5, 5.41) is 8.21. The first-order valence-corrected chi connectivity index (χ1v) is 8.17. The average molecular weight is 357 g/mol. The smallest absolute Gasteiger partial charge is 0.291 e. The lowest BCUT2D eigenvalue weighted by atomic mass is 10.1. The van der Waals surface area contributed by atoms with Crippen LogP contribution in [-0.4, -0.2) is 30.9 Å². The molecule has 1 fully saturated rings. The largest absolute Gasteiger partial charge is 0.495 e. The van der Waals surface area contributed by atoms with Gasteiger partial charge in [0.2, 0.25) is 11.8 Å². The zero-order valence-electron chi connectivity index (χ0n) is 14.2. The number of amides is 3. The molecule has 0 aliphatic carbocycles. The zero-order valence-corrected chi connectivity index (χ0v) is 14.2. The maximum atomic E-state index is 12.2. The monoisotopic (exact) mass is 357 g/mol. The zero-order chi connectivity index (χ0) is 18.5. The highest BCUT2D eigenvalue weighted by Gasteiger charge is 2.23. The van der Waals surface area contributed by atoms with Crippen LogP contribution in [0, 0.1) is 0 Å². The van der Waals surface area contributed by atoms with Gasteiger partial charge in [0.05, 0.1) is 19.1 Å². The first-order valence-electron chi connectivity index (χ1n) is 8.17. The van der Waals surface area contributed by atoms with E-state index in [1.807, 2.05) is 0 Å². The van der Waals surface area contributed by atoms with Gasteiger partial charge in [-0.1, -0.05) is 0 Å². The molecule has 3 amide bonds. The summed E-state index contributed by atoms with van der Waals surface area (Å²) in [6.07, 6.45) is 2.71. The van der Waals surface area contributed by atoms with Gasteiger partial charge in [-0.3, -0.25) is 14.4 Å². The SMILES string of the molecule is COc1ccc(NC(=O)C[C@H]2CCC(=O)N2)cc1NC(=O)c1ccco1. The molecule has 8 nitrogen and oxygen atoms in total. The van der Waals surface area contributed by atoms with Crippen LogP contribution in [0.2, 0.25) is 0 Å². The molecule has 0 spiro atoms. The summed E-state index contributed by atoms with van der Waals surface area (Å²) in [5.41, 5.74) is 0.913. The highest BCUT2D eigenvalue weighted by molar-refractivity contribution is 6.03. The Hall–Kier alpha value is -3.29. The number of carbonyl (C=O) groups is 3. The number of anilines is 2. The standard InChI is InChI=1S/C18H19N3O5/c1-25-14-6-4-11(20-17(23)10-12-5-7-16(22)19-12)9-13(14)21-18(24)15-3-2-8-26-15/h2-4,6,8-9,12H,5,7,10H2,1H3,(H,19,22)(H,20,23)(H,21,24)/t12-/m1/s1. The summed E-state index contributed by atoms with van der Waals surface area (Å²) in [6, 6.07) is 7.94. The van der Waals surface area contributed by atoms with Gasteiger partial charge in [0.25, 0.3) is 5.91 Å². The van der Waals surface area contributed by atoms with Crippen LogP contribution in [-0.2, 0) is 9.59 Å². The molecule has 0 saturated carbocycles. The Balaban J connectivity index is 1.67. The van der Waals surface area contributed by atoms with Crippen LogP contribution >= 0.6 is 0 Å². The fraction of sp³-hybridized carbons (Fsp3) is 0.278. The van der Waals surface area contributed by atoms with Gasteiger partial charge in [-0.15, -0.1) is 0 Å². The van der Waals surface area contributed by atoms with Gasteiger partial charge in [0.15, 0.2) is 5.76 Å². The third-order valence-corrected chi connectivity index (χ3v) is 3.99. The van der Waals surface area contributed by atoms with E-state index < -0.39 is 5.91 Å². The van der Waals surface area contributed by atoms with Gasteiger partial charge in [0.1, 0.15) is 5.75 Å². The molecule has 0 radical (unpaired) electrons. The van der Waals surface area contributed by atoms with E-state index in [-0.39, 0.29) is 30.0 Å². The molecular formula is C18H19N3O5. The third-order valence-electron chi connectivity index (χ3n) is 3.99. The van der Waals surface area contributed by atoms with E-state index in [0.29, 0.717) is 30.0 Å². The number of benzene rings is 1. The molecule has 1 aromatic carbocycles. The highest BCUT2D eigenvalue weighted by Crippen LogP contribution is 2.28. The number of furan rings is 1. The Morgan fingerprint density at radius 3 is 2.81 bits per heavy atom. The molecule has 2 heterocycles. The van der Waals surface area contributed by atoms with Crippen LogP contribution < -0.4 is 20.7 Å². The van der Waals surface area contributed by atoms with Crippen LogP contribution in [0.4, 0.5) is 11.4 Å². The van der Waals surface area contributed by atoms with Crippen molar-refractivity contribution in [3.63, 3.8) is 0 Å². The Bertz CT molecular complexity index is 816. The maximum Gasteiger partial charge on any atom is 0.291 e. The van der Waals surface area contributed by atoms with Crippen molar-refractivity contribution in [2.75, 3.05) is 17.7 Å². The van der Waals surface area contributed by atoms with Gasteiger partial charge in [-0.05, 0) is 36.8 Å². The van der Waals surface area contributed by atoms with E-state index in [0.717, 1.165) is 0 Å². The lowest BCUT2D eigenvalue weighted by Gasteiger charge is -2.13. The minimum atomic E-state index is -0.426. The lowest BCUT2D eigenvalue weighted by Crippen LogP contribution is -2.29. The predicted octanol–water partition coefficient (Wildman–Crippen LogP) is 2.15. The summed E-state index contributed by atoms with van der Waals surface area (Å²) in [7, 11) is 1.49.